The Balaban J connectivity index is 2.10. The summed E-state index contributed by atoms with van der Waals surface area (Å²) >= 11 is 3.31. The molecule has 1 fully saturated rings. The summed E-state index contributed by atoms with van der Waals surface area (Å²) in [6, 6.07) is 0. The molecule has 0 radical (unpaired) electrons. The Bertz CT molecular complexity index is 516. The second kappa shape index (κ2) is 6.05. The van der Waals surface area contributed by atoms with Gasteiger partial charge in [-0.2, -0.15) is 0 Å². The summed E-state index contributed by atoms with van der Waals surface area (Å²) in [5.41, 5.74) is 6.47. The molecule has 1 aliphatic carbocycles. The van der Waals surface area contributed by atoms with Crippen molar-refractivity contribution in [1.82, 2.24) is 4.98 Å². The van der Waals surface area contributed by atoms with E-state index in [1.54, 1.807) is 6.92 Å². The second-order valence-corrected chi connectivity index (χ2v) is 6.15. The van der Waals surface area contributed by atoms with E-state index in [0.717, 1.165) is 25.7 Å². The van der Waals surface area contributed by atoms with Crippen LogP contribution in [0.3, 0.4) is 0 Å². The number of hydrogen-bond acceptors (Lipinski definition) is 5. The van der Waals surface area contributed by atoms with Crippen molar-refractivity contribution in [2.45, 2.75) is 44.6 Å². The summed E-state index contributed by atoms with van der Waals surface area (Å²) < 4.78 is 6.21. The average molecular weight is 344 g/mol. The van der Waals surface area contributed by atoms with Crippen molar-refractivity contribution in [3.8, 4) is 5.88 Å². The van der Waals surface area contributed by atoms with Gasteiger partial charge in [-0.05, 0) is 35.7 Å². The molecular formula is C13H18BrN3O3. The zero-order valence-electron chi connectivity index (χ0n) is 11.4. The van der Waals surface area contributed by atoms with Crippen molar-refractivity contribution in [3.05, 3.63) is 26.3 Å². The molecule has 0 unspecified atom stereocenters. The molecule has 0 amide bonds. The summed E-state index contributed by atoms with van der Waals surface area (Å²) in [6.07, 6.45) is 6.56. The smallest absolute Gasteiger partial charge is 0.291 e. The highest BCUT2D eigenvalue weighted by molar-refractivity contribution is 9.10. The predicted molar refractivity (Wildman–Crippen MR) is 78.8 cm³/mol. The van der Waals surface area contributed by atoms with Crippen molar-refractivity contribution in [1.29, 1.82) is 0 Å². The Morgan fingerprint density at radius 1 is 1.50 bits per heavy atom. The summed E-state index contributed by atoms with van der Waals surface area (Å²) in [5.74, 6) is 0.364. The first-order chi connectivity index (χ1) is 9.43. The minimum atomic E-state index is -0.456. The molecule has 0 aromatic carbocycles. The van der Waals surface area contributed by atoms with Crippen LogP contribution in [0.15, 0.2) is 10.7 Å². The van der Waals surface area contributed by atoms with Crippen molar-refractivity contribution in [2.24, 2.45) is 5.73 Å². The fourth-order valence-electron chi connectivity index (χ4n) is 2.44. The van der Waals surface area contributed by atoms with E-state index in [4.69, 9.17) is 10.5 Å². The van der Waals surface area contributed by atoms with Crippen LogP contribution >= 0.6 is 15.9 Å². The molecule has 110 valence electrons. The zero-order chi connectivity index (χ0) is 14.8. The maximum Gasteiger partial charge on any atom is 0.291 e. The van der Waals surface area contributed by atoms with Gasteiger partial charge in [0.2, 0.25) is 5.88 Å². The van der Waals surface area contributed by atoms with E-state index in [0.29, 0.717) is 22.5 Å². The first-order valence-electron chi connectivity index (χ1n) is 6.64. The van der Waals surface area contributed by atoms with Gasteiger partial charge in [-0.15, -0.1) is 0 Å². The molecule has 6 nitrogen and oxygen atoms in total. The molecular weight excluding hydrogens is 326 g/mol. The van der Waals surface area contributed by atoms with E-state index >= 15 is 0 Å². The summed E-state index contributed by atoms with van der Waals surface area (Å²) in [7, 11) is 0. The van der Waals surface area contributed by atoms with E-state index in [-0.39, 0.29) is 11.2 Å². The van der Waals surface area contributed by atoms with Crippen molar-refractivity contribution >= 4 is 21.6 Å². The fourth-order valence-corrected chi connectivity index (χ4v) is 2.86. The molecule has 2 rings (SSSR count). The number of rotatable bonds is 4. The van der Waals surface area contributed by atoms with Gasteiger partial charge in [0, 0.05) is 5.56 Å². The quantitative estimate of drug-likeness (QED) is 0.669. The van der Waals surface area contributed by atoms with Gasteiger partial charge in [0.1, 0.15) is 12.8 Å². The SMILES string of the molecule is Cc1c([N+](=O)[O-])cnc(OCC2(N)CCCCC2)c1Br. The standard InChI is InChI=1S/C13H18BrN3O3/c1-9-10(17(18)19)7-16-12(11(9)14)20-8-13(15)5-3-2-4-6-13/h7H,2-6,8,15H2,1H3. The molecule has 1 aromatic rings. The minimum Gasteiger partial charge on any atom is -0.475 e. The summed E-state index contributed by atoms with van der Waals surface area (Å²) in [6.45, 7) is 2.05. The van der Waals surface area contributed by atoms with E-state index < -0.39 is 4.92 Å². The van der Waals surface area contributed by atoms with Gasteiger partial charge in [0.15, 0.2) is 0 Å². The number of ether oxygens (including phenoxy) is 1. The van der Waals surface area contributed by atoms with E-state index in [9.17, 15) is 10.1 Å². The van der Waals surface area contributed by atoms with Crippen LogP contribution in [0.4, 0.5) is 5.69 Å². The number of nitrogens with two attached hydrogens (primary N) is 1. The van der Waals surface area contributed by atoms with Crippen molar-refractivity contribution < 1.29 is 9.66 Å². The van der Waals surface area contributed by atoms with Crippen LogP contribution < -0.4 is 10.5 Å². The molecule has 2 N–H and O–H groups in total. The van der Waals surface area contributed by atoms with Gasteiger partial charge in [-0.1, -0.05) is 19.3 Å². The van der Waals surface area contributed by atoms with E-state index in [1.165, 1.54) is 12.6 Å². The maximum atomic E-state index is 10.8. The lowest BCUT2D eigenvalue weighted by Crippen LogP contribution is -2.47. The zero-order valence-corrected chi connectivity index (χ0v) is 13.0. The van der Waals surface area contributed by atoms with Crippen molar-refractivity contribution in [3.63, 3.8) is 0 Å². The fraction of sp³-hybridized carbons (Fsp3) is 0.615. The molecule has 20 heavy (non-hydrogen) atoms. The average Bonchev–Trinajstić information content (AvgIpc) is 2.41. The lowest BCUT2D eigenvalue weighted by Gasteiger charge is -2.32. The summed E-state index contributed by atoms with van der Waals surface area (Å²) in [5, 5.41) is 10.8. The predicted octanol–water partition coefficient (Wildman–Crippen LogP) is 3.10. The Labute approximate surface area is 126 Å². The molecule has 1 saturated carbocycles. The van der Waals surface area contributed by atoms with Crippen LogP contribution in [0, 0.1) is 17.0 Å². The number of pyridine rings is 1. The van der Waals surface area contributed by atoms with Gasteiger partial charge in [-0.3, -0.25) is 10.1 Å². The maximum absolute atomic E-state index is 10.8. The van der Waals surface area contributed by atoms with E-state index in [1.807, 2.05) is 0 Å². The van der Waals surface area contributed by atoms with Gasteiger partial charge >= 0.3 is 0 Å². The highest BCUT2D eigenvalue weighted by Gasteiger charge is 2.29. The van der Waals surface area contributed by atoms with Crippen LogP contribution in [0.25, 0.3) is 0 Å². The van der Waals surface area contributed by atoms with Crippen LogP contribution in [0.2, 0.25) is 0 Å². The number of aromatic nitrogens is 1. The minimum absolute atomic E-state index is 0.0237. The number of halogens is 1. The largest absolute Gasteiger partial charge is 0.475 e. The van der Waals surface area contributed by atoms with E-state index in [2.05, 4.69) is 20.9 Å². The summed E-state index contributed by atoms with van der Waals surface area (Å²) in [4.78, 5) is 14.4. The molecule has 0 spiro atoms. The Hall–Kier alpha value is -1.21. The third kappa shape index (κ3) is 3.27. The molecule has 7 heteroatoms. The monoisotopic (exact) mass is 343 g/mol. The van der Waals surface area contributed by atoms with Crippen LogP contribution in [-0.2, 0) is 0 Å². The highest BCUT2D eigenvalue weighted by atomic mass is 79.9. The first-order valence-corrected chi connectivity index (χ1v) is 7.43. The highest BCUT2D eigenvalue weighted by Crippen LogP contribution is 2.33. The van der Waals surface area contributed by atoms with Gasteiger partial charge < -0.3 is 10.5 Å². The van der Waals surface area contributed by atoms with Gasteiger partial charge in [0.25, 0.3) is 5.69 Å². The number of nitro groups is 1. The Morgan fingerprint density at radius 2 is 2.15 bits per heavy atom. The van der Waals surface area contributed by atoms with Crippen LogP contribution in [0.5, 0.6) is 5.88 Å². The van der Waals surface area contributed by atoms with Gasteiger partial charge in [-0.25, -0.2) is 4.98 Å². The topological polar surface area (TPSA) is 91.3 Å². The second-order valence-electron chi connectivity index (χ2n) is 5.36. The molecule has 0 aliphatic heterocycles. The molecule has 1 aromatic heterocycles. The lowest BCUT2D eigenvalue weighted by molar-refractivity contribution is -0.385. The lowest BCUT2D eigenvalue weighted by atomic mass is 9.83. The van der Waals surface area contributed by atoms with Crippen molar-refractivity contribution in [2.75, 3.05) is 6.61 Å². The Morgan fingerprint density at radius 3 is 2.75 bits per heavy atom. The Kier molecular flexibility index (Phi) is 4.59. The molecule has 0 bridgehead atoms. The van der Waals surface area contributed by atoms with Crippen LogP contribution in [-0.4, -0.2) is 22.1 Å². The molecule has 1 heterocycles. The van der Waals surface area contributed by atoms with Crippen LogP contribution in [0.1, 0.15) is 37.7 Å². The molecule has 0 saturated heterocycles. The third-order valence-electron chi connectivity index (χ3n) is 3.75. The number of nitrogens with zero attached hydrogens (tertiary/aromatic N) is 2. The third-order valence-corrected chi connectivity index (χ3v) is 4.68. The molecule has 1 aliphatic rings. The first kappa shape index (κ1) is 15.2. The number of hydrogen-bond donors (Lipinski definition) is 1. The van der Waals surface area contributed by atoms with Gasteiger partial charge in [0.05, 0.1) is 14.9 Å². The molecule has 0 atom stereocenters. The normalized spacial score (nSPS) is 17.8.